The molecule has 3 aromatic rings. The van der Waals surface area contributed by atoms with Crippen LogP contribution in [0.1, 0.15) is 12.5 Å². The average molecular weight is 303 g/mol. The maximum atomic E-state index is 12.2. The molecule has 0 aliphatic carbocycles. The molecule has 0 saturated carbocycles. The molecule has 2 N–H and O–H groups in total. The first kappa shape index (κ1) is 13.4. The van der Waals surface area contributed by atoms with Crippen LogP contribution in [0, 0.1) is 0 Å². The number of nitrogens with one attached hydrogen (secondary N) is 2. The van der Waals surface area contributed by atoms with E-state index in [1.54, 1.807) is 24.7 Å². The highest BCUT2D eigenvalue weighted by Crippen LogP contribution is 2.21. The molecular formula is C17H13N5O. The van der Waals surface area contributed by atoms with Gasteiger partial charge in [-0.25, -0.2) is 4.99 Å². The molecule has 1 aliphatic heterocycles. The van der Waals surface area contributed by atoms with E-state index >= 15 is 0 Å². The van der Waals surface area contributed by atoms with Crippen LogP contribution in [0.3, 0.4) is 0 Å². The van der Waals surface area contributed by atoms with Gasteiger partial charge >= 0.3 is 0 Å². The summed E-state index contributed by atoms with van der Waals surface area (Å²) in [6, 6.07) is 7.92. The molecule has 6 heteroatoms. The molecule has 3 heterocycles. The third-order valence-corrected chi connectivity index (χ3v) is 3.85. The highest BCUT2D eigenvalue weighted by molar-refractivity contribution is 5.78. The van der Waals surface area contributed by atoms with E-state index in [0.717, 1.165) is 21.8 Å². The zero-order valence-corrected chi connectivity index (χ0v) is 12.4. The fraction of sp³-hybridized carbons (Fsp3) is 0.0588. The monoisotopic (exact) mass is 303 g/mol. The molecular weight excluding hydrogens is 290 g/mol. The fourth-order valence-corrected chi connectivity index (χ4v) is 2.65. The Kier molecular flexibility index (Phi) is 3.01. The molecule has 0 saturated heterocycles. The van der Waals surface area contributed by atoms with Gasteiger partial charge in [0.1, 0.15) is 5.69 Å². The Morgan fingerprint density at radius 2 is 2.00 bits per heavy atom. The van der Waals surface area contributed by atoms with Crippen molar-refractivity contribution in [3.63, 3.8) is 0 Å². The Morgan fingerprint density at radius 3 is 2.78 bits per heavy atom. The predicted molar refractivity (Wildman–Crippen MR) is 86.7 cm³/mol. The number of rotatable bonds is 2. The minimum atomic E-state index is -0.211. The third-order valence-electron chi connectivity index (χ3n) is 3.85. The zero-order valence-electron chi connectivity index (χ0n) is 12.4. The van der Waals surface area contributed by atoms with Crippen molar-refractivity contribution in [3.8, 4) is 11.4 Å². The maximum Gasteiger partial charge on any atom is 0.271 e. The second kappa shape index (κ2) is 5.17. The van der Waals surface area contributed by atoms with Gasteiger partial charge in [0, 0.05) is 17.6 Å². The Labute approximate surface area is 131 Å². The minimum absolute atomic E-state index is 0.211. The molecule has 6 nitrogen and oxygen atoms in total. The number of H-pyrrole nitrogens is 2. The van der Waals surface area contributed by atoms with E-state index in [1.807, 2.05) is 31.2 Å². The average Bonchev–Trinajstić information content (AvgIpc) is 3.10. The van der Waals surface area contributed by atoms with Gasteiger partial charge in [-0.2, -0.15) is 0 Å². The van der Waals surface area contributed by atoms with Gasteiger partial charge in [0.2, 0.25) is 0 Å². The van der Waals surface area contributed by atoms with Crippen LogP contribution in [0.2, 0.25) is 0 Å². The predicted octanol–water partition coefficient (Wildman–Crippen LogP) is 1.00. The first-order chi connectivity index (χ1) is 11.2. The number of aromatic nitrogens is 4. The summed E-state index contributed by atoms with van der Waals surface area (Å²) < 4.78 is 0. The van der Waals surface area contributed by atoms with Gasteiger partial charge in [-0.05, 0) is 24.6 Å². The third kappa shape index (κ3) is 2.20. The molecule has 0 unspecified atom stereocenters. The second-order valence-corrected chi connectivity index (χ2v) is 5.24. The van der Waals surface area contributed by atoms with Gasteiger partial charge in [0.15, 0.2) is 0 Å². The number of benzene rings is 1. The summed E-state index contributed by atoms with van der Waals surface area (Å²) in [6.07, 6.45) is 6.57. The summed E-state index contributed by atoms with van der Waals surface area (Å²) in [5, 5.41) is 7.48. The van der Waals surface area contributed by atoms with Gasteiger partial charge in [-0.3, -0.25) is 25.0 Å². The summed E-state index contributed by atoms with van der Waals surface area (Å²) in [4.78, 5) is 25.0. The summed E-state index contributed by atoms with van der Waals surface area (Å²) in [5.74, 6) is 0. The molecule has 0 fully saturated rings. The van der Waals surface area contributed by atoms with Crippen molar-refractivity contribution in [2.24, 2.45) is 4.99 Å². The van der Waals surface area contributed by atoms with Gasteiger partial charge in [-0.1, -0.05) is 18.2 Å². The van der Waals surface area contributed by atoms with Gasteiger partial charge in [0.05, 0.1) is 28.5 Å². The van der Waals surface area contributed by atoms with E-state index < -0.39 is 0 Å². The SMILES string of the molecule is CC1=c2ccccc2=N/C1=C\c1c(-c2cnccn2)[nH][nH]c1=O. The van der Waals surface area contributed by atoms with Gasteiger partial charge in [0.25, 0.3) is 5.56 Å². The van der Waals surface area contributed by atoms with Crippen molar-refractivity contribution in [3.05, 3.63) is 75.0 Å². The number of fused-ring (bicyclic) bond motifs is 1. The number of aromatic amines is 2. The van der Waals surface area contributed by atoms with Crippen molar-refractivity contribution in [2.75, 3.05) is 0 Å². The highest BCUT2D eigenvalue weighted by atomic mass is 16.1. The highest BCUT2D eigenvalue weighted by Gasteiger charge is 2.14. The fourth-order valence-electron chi connectivity index (χ4n) is 2.65. The second-order valence-electron chi connectivity index (χ2n) is 5.24. The van der Waals surface area contributed by atoms with E-state index in [2.05, 4.69) is 25.2 Å². The number of hydrogen-bond acceptors (Lipinski definition) is 4. The van der Waals surface area contributed by atoms with Crippen LogP contribution in [-0.4, -0.2) is 20.2 Å². The zero-order chi connectivity index (χ0) is 15.8. The Bertz CT molecular complexity index is 1090. The summed E-state index contributed by atoms with van der Waals surface area (Å²) >= 11 is 0. The minimum Gasteiger partial charge on any atom is -0.295 e. The molecule has 0 radical (unpaired) electrons. The lowest BCUT2D eigenvalue weighted by Crippen LogP contribution is -2.21. The van der Waals surface area contributed by atoms with Crippen LogP contribution in [0.4, 0.5) is 0 Å². The van der Waals surface area contributed by atoms with Crippen molar-refractivity contribution in [1.29, 1.82) is 0 Å². The molecule has 112 valence electrons. The van der Waals surface area contributed by atoms with Gasteiger partial charge < -0.3 is 0 Å². The lowest BCUT2D eigenvalue weighted by molar-refractivity contribution is 1.05. The van der Waals surface area contributed by atoms with Crippen molar-refractivity contribution >= 4 is 11.6 Å². The number of para-hydroxylation sites is 1. The molecule has 23 heavy (non-hydrogen) atoms. The smallest absolute Gasteiger partial charge is 0.271 e. The Balaban J connectivity index is 1.90. The molecule has 1 aliphatic rings. The maximum absolute atomic E-state index is 12.2. The Hall–Kier alpha value is -3.28. The van der Waals surface area contributed by atoms with Crippen LogP contribution in [0.15, 0.2) is 58.3 Å². The quantitative estimate of drug-likeness (QED) is 0.740. The molecule has 1 aromatic carbocycles. The van der Waals surface area contributed by atoms with E-state index in [9.17, 15) is 4.79 Å². The van der Waals surface area contributed by atoms with E-state index in [1.165, 1.54) is 0 Å². The topological polar surface area (TPSA) is 86.8 Å². The Morgan fingerprint density at radius 1 is 1.13 bits per heavy atom. The van der Waals surface area contributed by atoms with E-state index in [4.69, 9.17) is 0 Å². The lowest BCUT2D eigenvalue weighted by atomic mass is 10.1. The summed E-state index contributed by atoms with van der Waals surface area (Å²) in [7, 11) is 0. The van der Waals surface area contributed by atoms with E-state index in [0.29, 0.717) is 17.0 Å². The first-order valence-corrected chi connectivity index (χ1v) is 7.18. The van der Waals surface area contributed by atoms with Crippen LogP contribution < -0.4 is 16.1 Å². The largest absolute Gasteiger partial charge is 0.295 e. The van der Waals surface area contributed by atoms with Crippen LogP contribution >= 0.6 is 0 Å². The van der Waals surface area contributed by atoms with Crippen LogP contribution in [0.5, 0.6) is 0 Å². The van der Waals surface area contributed by atoms with Gasteiger partial charge in [-0.15, -0.1) is 0 Å². The van der Waals surface area contributed by atoms with Crippen molar-refractivity contribution in [2.45, 2.75) is 6.92 Å². The van der Waals surface area contributed by atoms with E-state index in [-0.39, 0.29) is 5.56 Å². The normalized spacial score (nSPS) is 14.8. The van der Waals surface area contributed by atoms with Crippen LogP contribution in [0.25, 0.3) is 23.0 Å². The van der Waals surface area contributed by atoms with Crippen molar-refractivity contribution in [1.82, 2.24) is 20.2 Å². The number of nitrogens with zero attached hydrogens (tertiary/aromatic N) is 3. The van der Waals surface area contributed by atoms with Crippen molar-refractivity contribution < 1.29 is 0 Å². The molecule has 0 amide bonds. The molecule has 2 aromatic heterocycles. The van der Waals surface area contributed by atoms with Crippen LogP contribution in [-0.2, 0) is 0 Å². The number of allylic oxidation sites excluding steroid dienone is 1. The lowest BCUT2D eigenvalue weighted by Gasteiger charge is -1.99. The molecule has 0 bridgehead atoms. The first-order valence-electron chi connectivity index (χ1n) is 7.18. The standard InChI is InChI=1S/C17H13N5O/c1-10-11-4-2-3-5-13(11)20-14(10)8-12-16(21-22-17(12)23)15-9-18-6-7-19-15/h2-9H,1H3,(H2,21,22,23)/b14-8-. The summed E-state index contributed by atoms with van der Waals surface area (Å²) in [6.45, 7) is 2.00. The summed E-state index contributed by atoms with van der Waals surface area (Å²) in [5.41, 5.74) is 3.32. The molecule has 0 spiro atoms. The molecule has 4 rings (SSSR count). The number of hydrogen-bond donors (Lipinski definition) is 2. The molecule has 0 atom stereocenters.